The molecule has 1 rings (SSSR count). The molecule has 1 aromatic carbocycles. The SMILES string of the molecule is CCCNC(Cc1ccc(F)cc1C)C(CC)CC. The molecule has 0 fully saturated rings. The minimum atomic E-state index is -0.137. The molecule has 0 aromatic heterocycles. The van der Waals surface area contributed by atoms with E-state index in [2.05, 4.69) is 26.1 Å². The number of aryl methyl sites for hydroxylation is 1. The Bertz CT molecular complexity index is 372. The van der Waals surface area contributed by atoms with Gasteiger partial charge in [-0.1, -0.05) is 39.7 Å². The molecule has 0 aliphatic rings. The fraction of sp³-hybridized carbons (Fsp3) is 0.647. The van der Waals surface area contributed by atoms with Gasteiger partial charge in [0.25, 0.3) is 0 Å². The summed E-state index contributed by atoms with van der Waals surface area (Å²) < 4.78 is 13.2. The van der Waals surface area contributed by atoms with Gasteiger partial charge >= 0.3 is 0 Å². The van der Waals surface area contributed by atoms with Crippen LogP contribution < -0.4 is 5.32 Å². The van der Waals surface area contributed by atoms with Crippen LogP contribution in [-0.2, 0) is 6.42 Å². The molecule has 1 N–H and O–H groups in total. The summed E-state index contributed by atoms with van der Waals surface area (Å²) in [6.45, 7) is 9.77. The summed E-state index contributed by atoms with van der Waals surface area (Å²) in [5.74, 6) is 0.554. The van der Waals surface area contributed by atoms with E-state index < -0.39 is 0 Å². The van der Waals surface area contributed by atoms with Gasteiger partial charge in [-0.15, -0.1) is 0 Å². The highest BCUT2D eigenvalue weighted by Crippen LogP contribution is 2.20. The Kier molecular flexibility index (Phi) is 7.07. The molecule has 1 aromatic rings. The molecule has 0 heterocycles. The lowest BCUT2D eigenvalue weighted by Crippen LogP contribution is -2.38. The maximum atomic E-state index is 13.2. The quantitative estimate of drug-likeness (QED) is 0.730. The van der Waals surface area contributed by atoms with Crippen molar-refractivity contribution in [3.63, 3.8) is 0 Å². The average Bonchev–Trinajstić information content (AvgIpc) is 2.39. The van der Waals surface area contributed by atoms with E-state index >= 15 is 0 Å². The van der Waals surface area contributed by atoms with Crippen molar-refractivity contribution >= 4 is 0 Å². The first-order valence-corrected chi connectivity index (χ1v) is 7.60. The molecule has 1 atom stereocenters. The minimum Gasteiger partial charge on any atom is -0.313 e. The van der Waals surface area contributed by atoms with E-state index in [1.54, 1.807) is 12.1 Å². The van der Waals surface area contributed by atoms with Crippen LogP contribution >= 0.6 is 0 Å². The Morgan fingerprint density at radius 2 is 1.84 bits per heavy atom. The summed E-state index contributed by atoms with van der Waals surface area (Å²) in [5, 5.41) is 3.67. The van der Waals surface area contributed by atoms with Crippen molar-refractivity contribution in [3.05, 3.63) is 35.1 Å². The maximum absolute atomic E-state index is 13.2. The third-order valence-corrected chi connectivity index (χ3v) is 4.02. The van der Waals surface area contributed by atoms with Crippen LogP contribution in [-0.4, -0.2) is 12.6 Å². The Morgan fingerprint density at radius 3 is 2.37 bits per heavy atom. The first kappa shape index (κ1) is 16.2. The van der Waals surface area contributed by atoms with Gasteiger partial charge < -0.3 is 5.32 Å². The zero-order chi connectivity index (χ0) is 14.3. The Balaban J connectivity index is 2.80. The van der Waals surface area contributed by atoms with Crippen molar-refractivity contribution in [1.29, 1.82) is 0 Å². The number of halogens is 1. The number of benzene rings is 1. The summed E-state index contributed by atoms with van der Waals surface area (Å²) >= 11 is 0. The highest BCUT2D eigenvalue weighted by atomic mass is 19.1. The molecular formula is C17H28FN. The molecule has 0 aliphatic carbocycles. The zero-order valence-corrected chi connectivity index (χ0v) is 12.8. The molecule has 108 valence electrons. The normalized spacial score (nSPS) is 12.9. The van der Waals surface area contributed by atoms with Crippen molar-refractivity contribution in [3.8, 4) is 0 Å². The Morgan fingerprint density at radius 1 is 1.16 bits per heavy atom. The lowest BCUT2D eigenvalue weighted by atomic mass is 9.88. The number of rotatable bonds is 8. The van der Waals surface area contributed by atoms with Crippen LogP contribution in [0.2, 0.25) is 0 Å². The third-order valence-electron chi connectivity index (χ3n) is 4.02. The van der Waals surface area contributed by atoms with Gasteiger partial charge in [0.1, 0.15) is 5.82 Å². The van der Waals surface area contributed by atoms with Gasteiger partial charge in [0.15, 0.2) is 0 Å². The summed E-state index contributed by atoms with van der Waals surface area (Å²) in [7, 11) is 0. The number of hydrogen-bond acceptors (Lipinski definition) is 1. The predicted molar refractivity (Wildman–Crippen MR) is 81.0 cm³/mol. The molecule has 1 unspecified atom stereocenters. The molecule has 0 saturated heterocycles. The maximum Gasteiger partial charge on any atom is 0.123 e. The number of nitrogens with one attached hydrogen (secondary N) is 1. The van der Waals surface area contributed by atoms with E-state index in [0.717, 1.165) is 24.9 Å². The minimum absolute atomic E-state index is 0.137. The van der Waals surface area contributed by atoms with Crippen LogP contribution in [0.4, 0.5) is 4.39 Å². The highest BCUT2D eigenvalue weighted by Gasteiger charge is 2.18. The molecule has 0 saturated carbocycles. The van der Waals surface area contributed by atoms with Crippen molar-refractivity contribution in [2.24, 2.45) is 5.92 Å². The molecular weight excluding hydrogens is 237 g/mol. The van der Waals surface area contributed by atoms with Crippen molar-refractivity contribution in [1.82, 2.24) is 5.32 Å². The summed E-state index contributed by atoms with van der Waals surface area (Å²) in [4.78, 5) is 0. The molecule has 1 nitrogen and oxygen atoms in total. The summed E-state index contributed by atoms with van der Waals surface area (Å²) in [6, 6.07) is 5.65. The van der Waals surface area contributed by atoms with Crippen molar-refractivity contribution in [2.45, 2.75) is 59.4 Å². The fourth-order valence-corrected chi connectivity index (χ4v) is 2.72. The van der Waals surface area contributed by atoms with Gasteiger partial charge in [-0.25, -0.2) is 4.39 Å². The van der Waals surface area contributed by atoms with E-state index in [-0.39, 0.29) is 5.82 Å². The lowest BCUT2D eigenvalue weighted by molar-refractivity contribution is 0.331. The van der Waals surface area contributed by atoms with Gasteiger partial charge in [0.2, 0.25) is 0 Å². The van der Waals surface area contributed by atoms with Gasteiger partial charge in [-0.05, 0) is 55.5 Å². The van der Waals surface area contributed by atoms with Gasteiger partial charge in [0, 0.05) is 6.04 Å². The van der Waals surface area contributed by atoms with Gasteiger partial charge in [-0.2, -0.15) is 0 Å². The second-order valence-electron chi connectivity index (χ2n) is 5.41. The van der Waals surface area contributed by atoms with E-state index in [0.29, 0.717) is 12.0 Å². The van der Waals surface area contributed by atoms with Crippen LogP contribution in [0.25, 0.3) is 0 Å². The molecule has 2 heteroatoms. The van der Waals surface area contributed by atoms with Crippen LogP contribution in [0, 0.1) is 18.7 Å². The van der Waals surface area contributed by atoms with Crippen LogP contribution in [0.1, 0.15) is 51.2 Å². The van der Waals surface area contributed by atoms with Crippen LogP contribution in [0.3, 0.4) is 0 Å². The van der Waals surface area contributed by atoms with E-state index in [1.807, 2.05) is 13.0 Å². The van der Waals surface area contributed by atoms with E-state index in [4.69, 9.17) is 0 Å². The highest BCUT2D eigenvalue weighted by molar-refractivity contribution is 5.27. The summed E-state index contributed by atoms with van der Waals surface area (Å²) in [5.41, 5.74) is 2.33. The molecule has 0 aliphatic heterocycles. The molecule has 0 bridgehead atoms. The second kappa shape index (κ2) is 8.31. The molecule has 0 spiro atoms. The first-order valence-electron chi connectivity index (χ1n) is 7.60. The van der Waals surface area contributed by atoms with E-state index in [9.17, 15) is 4.39 Å². The average molecular weight is 265 g/mol. The Labute approximate surface area is 117 Å². The zero-order valence-electron chi connectivity index (χ0n) is 12.8. The fourth-order valence-electron chi connectivity index (χ4n) is 2.72. The second-order valence-corrected chi connectivity index (χ2v) is 5.41. The summed E-state index contributed by atoms with van der Waals surface area (Å²) in [6.07, 6.45) is 4.54. The van der Waals surface area contributed by atoms with E-state index in [1.165, 1.54) is 18.4 Å². The predicted octanol–water partition coefficient (Wildman–Crippen LogP) is 4.48. The molecule has 0 radical (unpaired) electrons. The van der Waals surface area contributed by atoms with Crippen molar-refractivity contribution in [2.75, 3.05) is 6.54 Å². The first-order chi connectivity index (χ1) is 9.12. The third kappa shape index (κ3) is 4.94. The standard InChI is InChI=1S/C17H28FN/c1-5-10-19-17(14(6-2)7-3)12-15-8-9-16(18)11-13(15)4/h8-9,11,14,17,19H,5-7,10,12H2,1-4H3. The van der Waals surface area contributed by atoms with Gasteiger partial charge in [0.05, 0.1) is 0 Å². The Hall–Kier alpha value is -0.890. The number of hydrogen-bond donors (Lipinski definition) is 1. The van der Waals surface area contributed by atoms with Gasteiger partial charge in [-0.3, -0.25) is 0 Å². The topological polar surface area (TPSA) is 12.0 Å². The largest absolute Gasteiger partial charge is 0.313 e. The lowest BCUT2D eigenvalue weighted by Gasteiger charge is -2.27. The van der Waals surface area contributed by atoms with Crippen LogP contribution in [0.15, 0.2) is 18.2 Å². The molecule has 19 heavy (non-hydrogen) atoms. The molecule has 0 amide bonds. The monoisotopic (exact) mass is 265 g/mol. The van der Waals surface area contributed by atoms with Crippen molar-refractivity contribution < 1.29 is 4.39 Å². The smallest absolute Gasteiger partial charge is 0.123 e. The van der Waals surface area contributed by atoms with Crippen LogP contribution in [0.5, 0.6) is 0 Å².